The Kier molecular flexibility index (Phi) is 5.06. The van der Waals surface area contributed by atoms with Gasteiger partial charge in [0.25, 0.3) is 0 Å². The number of benzene rings is 2. The molecule has 2 aromatic carbocycles. The molecule has 0 spiro atoms. The van der Waals surface area contributed by atoms with Crippen LogP contribution in [0.4, 0.5) is 4.39 Å². The average Bonchev–Trinajstić information content (AvgIpc) is 3.33. The van der Waals surface area contributed by atoms with Crippen molar-refractivity contribution >= 4 is 34.1 Å². The van der Waals surface area contributed by atoms with Crippen molar-refractivity contribution in [2.45, 2.75) is 25.9 Å². The second kappa shape index (κ2) is 7.91. The lowest BCUT2D eigenvalue weighted by atomic mass is 10.1. The maximum Gasteiger partial charge on any atom is 0.196 e. The fourth-order valence-electron chi connectivity index (χ4n) is 4.22. The molecule has 0 aliphatic rings. The summed E-state index contributed by atoms with van der Waals surface area (Å²) in [6.07, 6.45) is 0. The smallest absolute Gasteiger partial charge is 0.196 e. The summed E-state index contributed by atoms with van der Waals surface area (Å²) in [6, 6.07) is 18.5. The van der Waals surface area contributed by atoms with Crippen molar-refractivity contribution in [1.82, 2.24) is 19.2 Å². The molecule has 5 aromatic rings. The number of fused-ring (bicyclic) bond motifs is 3. The molecule has 5 rings (SSSR count). The first-order chi connectivity index (χ1) is 15.5. The quantitative estimate of drug-likeness (QED) is 0.257. The molecular weight excluding hydrogens is 423 g/mol. The number of carbonyl (C=O) groups excluding carboxylic acids is 1. The van der Waals surface area contributed by atoms with Gasteiger partial charge >= 0.3 is 0 Å². The second-order valence-electron chi connectivity index (χ2n) is 7.80. The summed E-state index contributed by atoms with van der Waals surface area (Å²) < 4.78 is 18.1. The van der Waals surface area contributed by atoms with Gasteiger partial charge in [0, 0.05) is 22.3 Å². The van der Waals surface area contributed by atoms with Gasteiger partial charge in [0.1, 0.15) is 5.82 Å². The molecule has 0 N–H and O–H groups in total. The summed E-state index contributed by atoms with van der Waals surface area (Å²) in [7, 11) is 0. The van der Waals surface area contributed by atoms with E-state index in [-0.39, 0.29) is 17.4 Å². The standard InChI is InChI=1S/C25H21FN4OS/c1-15-12-24-27-28-25(30(24)21-10-6-4-8-18(15)21)32-14-23(31)19-13-16(2)29(17(19)3)22-11-7-5-9-20(22)26/h4-13H,14H2,1-3H3. The van der Waals surface area contributed by atoms with E-state index in [1.165, 1.54) is 17.8 Å². The van der Waals surface area contributed by atoms with Crippen LogP contribution in [0.5, 0.6) is 0 Å². The van der Waals surface area contributed by atoms with Gasteiger partial charge in [-0.05, 0) is 56.7 Å². The third kappa shape index (κ3) is 3.29. The van der Waals surface area contributed by atoms with Crippen molar-refractivity contribution in [2.24, 2.45) is 0 Å². The fraction of sp³-hybridized carbons (Fsp3) is 0.160. The highest BCUT2D eigenvalue weighted by Gasteiger charge is 2.20. The number of pyridine rings is 1. The summed E-state index contributed by atoms with van der Waals surface area (Å²) >= 11 is 1.36. The van der Waals surface area contributed by atoms with Crippen LogP contribution in [0.2, 0.25) is 0 Å². The molecule has 0 atom stereocenters. The fourth-order valence-corrected chi connectivity index (χ4v) is 5.06. The minimum atomic E-state index is -0.320. The number of ketones is 1. The summed E-state index contributed by atoms with van der Waals surface area (Å²) in [5.74, 6) is -0.136. The second-order valence-corrected chi connectivity index (χ2v) is 8.75. The molecule has 7 heteroatoms. The number of hydrogen-bond donors (Lipinski definition) is 0. The summed E-state index contributed by atoms with van der Waals surface area (Å²) in [5, 5.41) is 10.4. The monoisotopic (exact) mass is 444 g/mol. The maximum atomic E-state index is 14.4. The number of nitrogens with zero attached hydrogens (tertiary/aromatic N) is 4. The van der Waals surface area contributed by atoms with Crippen LogP contribution in [-0.2, 0) is 0 Å². The molecule has 0 saturated heterocycles. The Hall–Kier alpha value is -3.45. The number of hydrogen-bond acceptors (Lipinski definition) is 4. The number of aromatic nitrogens is 4. The van der Waals surface area contributed by atoms with E-state index >= 15 is 0 Å². The van der Waals surface area contributed by atoms with E-state index in [0.717, 1.165) is 33.5 Å². The molecule has 160 valence electrons. The molecule has 0 saturated carbocycles. The zero-order chi connectivity index (χ0) is 22.4. The van der Waals surface area contributed by atoms with Crippen LogP contribution < -0.4 is 0 Å². The van der Waals surface area contributed by atoms with Gasteiger partial charge in [0.2, 0.25) is 0 Å². The van der Waals surface area contributed by atoms with Crippen LogP contribution in [-0.4, -0.2) is 30.7 Å². The Morgan fingerprint density at radius 3 is 2.56 bits per heavy atom. The van der Waals surface area contributed by atoms with Crippen molar-refractivity contribution in [2.75, 3.05) is 5.75 Å². The van der Waals surface area contributed by atoms with E-state index in [1.54, 1.807) is 22.8 Å². The van der Waals surface area contributed by atoms with Crippen molar-refractivity contribution in [1.29, 1.82) is 0 Å². The Balaban J connectivity index is 1.46. The minimum absolute atomic E-state index is 0.0288. The first-order valence-corrected chi connectivity index (χ1v) is 11.3. The highest BCUT2D eigenvalue weighted by atomic mass is 32.2. The predicted octanol–water partition coefficient (Wildman–Crippen LogP) is 5.71. The third-order valence-corrected chi connectivity index (χ3v) is 6.66. The number of carbonyl (C=O) groups is 1. The predicted molar refractivity (Wildman–Crippen MR) is 125 cm³/mol. The van der Waals surface area contributed by atoms with Crippen LogP contribution >= 0.6 is 11.8 Å². The van der Waals surface area contributed by atoms with Gasteiger partial charge in [-0.3, -0.25) is 9.20 Å². The van der Waals surface area contributed by atoms with Gasteiger partial charge in [-0.25, -0.2) is 4.39 Å². The van der Waals surface area contributed by atoms with Crippen LogP contribution in [0.15, 0.2) is 65.8 Å². The first kappa shape index (κ1) is 20.5. The molecule has 32 heavy (non-hydrogen) atoms. The molecule has 0 radical (unpaired) electrons. The first-order valence-electron chi connectivity index (χ1n) is 10.3. The van der Waals surface area contributed by atoms with Gasteiger partial charge in [0.05, 0.1) is 17.0 Å². The topological polar surface area (TPSA) is 52.2 Å². The molecule has 0 aliphatic carbocycles. The van der Waals surface area contributed by atoms with Crippen molar-refractivity contribution in [3.63, 3.8) is 0 Å². The largest absolute Gasteiger partial charge is 0.315 e. The van der Waals surface area contributed by atoms with E-state index in [9.17, 15) is 9.18 Å². The van der Waals surface area contributed by atoms with E-state index in [0.29, 0.717) is 16.4 Å². The number of rotatable bonds is 5. The van der Waals surface area contributed by atoms with E-state index in [1.807, 2.05) is 48.6 Å². The zero-order valence-corrected chi connectivity index (χ0v) is 18.8. The number of Topliss-reactive ketones (excluding diaryl/α,β-unsaturated/α-hetero) is 1. The van der Waals surface area contributed by atoms with Crippen molar-refractivity contribution in [3.8, 4) is 5.69 Å². The van der Waals surface area contributed by atoms with Crippen LogP contribution in [0, 0.1) is 26.6 Å². The SMILES string of the molecule is Cc1cc2nnc(SCC(=O)c3cc(C)n(-c4ccccc4F)c3C)n2c2ccccc12. The molecule has 5 nitrogen and oxygen atoms in total. The third-order valence-electron chi connectivity index (χ3n) is 5.73. The van der Waals surface area contributed by atoms with Crippen molar-refractivity contribution < 1.29 is 9.18 Å². The Morgan fingerprint density at radius 1 is 1.00 bits per heavy atom. The lowest BCUT2D eigenvalue weighted by molar-refractivity contribution is 0.102. The van der Waals surface area contributed by atoms with Gasteiger partial charge in [0.15, 0.2) is 16.6 Å². The molecular formula is C25H21FN4OS. The van der Waals surface area contributed by atoms with Gasteiger partial charge in [-0.1, -0.05) is 42.1 Å². The highest BCUT2D eigenvalue weighted by molar-refractivity contribution is 7.99. The Labute approximate surface area is 188 Å². The van der Waals surface area contributed by atoms with Gasteiger partial charge in [-0.2, -0.15) is 0 Å². The molecule has 0 amide bonds. The van der Waals surface area contributed by atoms with E-state index in [4.69, 9.17) is 0 Å². The Morgan fingerprint density at radius 2 is 1.75 bits per heavy atom. The van der Waals surface area contributed by atoms with Crippen LogP contribution in [0.1, 0.15) is 27.3 Å². The number of aryl methyl sites for hydroxylation is 2. The van der Waals surface area contributed by atoms with E-state index < -0.39 is 0 Å². The summed E-state index contributed by atoms with van der Waals surface area (Å²) in [4.78, 5) is 13.1. The van der Waals surface area contributed by atoms with Gasteiger partial charge in [-0.15, -0.1) is 10.2 Å². The van der Waals surface area contributed by atoms with Gasteiger partial charge < -0.3 is 4.57 Å². The summed E-state index contributed by atoms with van der Waals surface area (Å²) in [5.41, 5.74) is 5.48. The minimum Gasteiger partial charge on any atom is -0.315 e. The molecule has 0 bridgehead atoms. The molecule has 0 unspecified atom stereocenters. The van der Waals surface area contributed by atoms with Crippen LogP contribution in [0.3, 0.4) is 0 Å². The summed E-state index contributed by atoms with van der Waals surface area (Å²) in [6.45, 7) is 5.78. The lowest BCUT2D eigenvalue weighted by Crippen LogP contribution is -2.07. The average molecular weight is 445 g/mol. The molecule has 3 aromatic heterocycles. The molecule has 3 heterocycles. The number of para-hydroxylation sites is 2. The van der Waals surface area contributed by atoms with E-state index in [2.05, 4.69) is 23.2 Å². The lowest BCUT2D eigenvalue weighted by Gasteiger charge is -2.10. The van der Waals surface area contributed by atoms with Crippen LogP contribution in [0.25, 0.3) is 22.2 Å². The molecule has 0 aliphatic heterocycles. The number of halogens is 1. The normalized spacial score (nSPS) is 11.5. The highest BCUT2D eigenvalue weighted by Crippen LogP contribution is 2.28. The molecule has 0 fully saturated rings. The number of thioether (sulfide) groups is 1. The zero-order valence-electron chi connectivity index (χ0n) is 18.0. The Bertz CT molecular complexity index is 1500. The maximum absolute atomic E-state index is 14.4. The van der Waals surface area contributed by atoms with Crippen molar-refractivity contribution in [3.05, 3.63) is 89.0 Å².